The Morgan fingerprint density at radius 2 is 1.29 bits per heavy atom. The van der Waals surface area contributed by atoms with Gasteiger partial charge in [-0.25, -0.2) is 0 Å². The minimum absolute atomic E-state index is 0.833. The topological polar surface area (TPSA) is 13.1 Å². The normalized spacial score (nSPS) is 8.24. The average molecular weight is 236 g/mol. The van der Waals surface area contributed by atoms with Crippen molar-refractivity contribution in [2.45, 2.75) is 48.5 Å². The minimum Gasteiger partial charge on any atom is -0.464 e. The average Bonchev–Trinajstić information content (AvgIpc) is 2.81. The molecule has 0 radical (unpaired) electrons. The molecule has 98 valence electrons. The summed E-state index contributed by atoms with van der Waals surface area (Å²) < 4.78 is 5.12. The van der Waals surface area contributed by atoms with Gasteiger partial charge >= 0.3 is 0 Å². The fraction of sp³-hybridized carbons (Fsp3) is 0.500. The Kier molecular flexibility index (Phi) is 13.7. The van der Waals surface area contributed by atoms with E-state index in [9.17, 15) is 0 Å². The van der Waals surface area contributed by atoms with E-state index in [-0.39, 0.29) is 0 Å². The third kappa shape index (κ3) is 9.68. The molecule has 0 unspecified atom stereocenters. The molecule has 0 bridgehead atoms. The summed E-state index contributed by atoms with van der Waals surface area (Å²) in [6.45, 7) is 14.5. The summed E-state index contributed by atoms with van der Waals surface area (Å²) in [4.78, 5) is 0. The fourth-order valence-corrected chi connectivity index (χ4v) is 0.906. The van der Waals surface area contributed by atoms with Crippen LogP contribution in [0.3, 0.4) is 0 Å². The van der Waals surface area contributed by atoms with Crippen LogP contribution in [0.2, 0.25) is 0 Å². The van der Waals surface area contributed by atoms with Crippen molar-refractivity contribution in [3.63, 3.8) is 0 Å². The maximum absolute atomic E-state index is 5.12. The van der Waals surface area contributed by atoms with E-state index in [0.29, 0.717) is 0 Å². The van der Waals surface area contributed by atoms with Crippen molar-refractivity contribution in [3.8, 4) is 0 Å². The lowest BCUT2D eigenvalue weighted by Gasteiger charge is -1.81. The number of para-hydroxylation sites is 1. The number of benzene rings is 1. The van der Waals surface area contributed by atoms with Crippen molar-refractivity contribution in [2.24, 2.45) is 5.92 Å². The third-order valence-corrected chi connectivity index (χ3v) is 1.36. The highest BCUT2D eigenvalue weighted by molar-refractivity contribution is 5.76. The predicted octanol–water partition coefficient (Wildman–Crippen LogP) is 6.15. The van der Waals surface area contributed by atoms with E-state index in [2.05, 4.69) is 20.8 Å². The van der Waals surface area contributed by atoms with Crippen LogP contribution in [-0.2, 0) is 0 Å². The standard InChI is InChI=1S/C8H6O.C4H10.2C2H6/c1-2-4-8-7(3-1)5-6-9-8;1-4(2)3;2*1-2/h1-6H;4H,1-3H3;2*1-2H3. The zero-order chi connectivity index (χ0) is 13.7. The molecule has 1 aromatic carbocycles. The lowest BCUT2D eigenvalue weighted by atomic mass is 10.3. The van der Waals surface area contributed by atoms with E-state index in [1.165, 1.54) is 0 Å². The second-order valence-electron chi connectivity index (χ2n) is 3.69. The van der Waals surface area contributed by atoms with Crippen molar-refractivity contribution >= 4 is 11.0 Å². The van der Waals surface area contributed by atoms with E-state index in [1.807, 2.05) is 58.0 Å². The molecule has 1 heteroatoms. The Bertz CT molecular complexity index is 314. The summed E-state index contributed by atoms with van der Waals surface area (Å²) in [5.41, 5.74) is 0.956. The van der Waals surface area contributed by atoms with Crippen LogP contribution in [0, 0.1) is 5.92 Å². The third-order valence-electron chi connectivity index (χ3n) is 1.36. The maximum Gasteiger partial charge on any atom is 0.133 e. The molecule has 0 amide bonds. The first-order valence-corrected chi connectivity index (χ1v) is 6.62. The van der Waals surface area contributed by atoms with Crippen molar-refractivity contribution < 1.29 is 4.42 Å². The first-order valence-electron chi connectivity index (χ1n) is 6.62. The smallest absolute Gasteiger partial charge is 0.133 e. The Balaban J connectivity index is 0. The fourth-order valence-electron chi connectivity index (χ4n) is 0.906. The number of rotatable bonds is 0. The molecule has 0 saturated heterocycles. The lowest BCUT2D eigenvalue weighted by molar-refractivity contribution is 0.616. The summed E-state index contributed by atoms with van der Waals surface area (Å²) in [6, 6.07) is 9.90. The van der Waals surface area contributed by atoms with E-state index < -0.39 is 0 Å². The number of hydrogen-bond acceptors (Lipinski definition) is 1. The quantitative estimate of drug-likeness (QED) is 0.535. The molecule has 0 fully saturated rings. The van der Waals surface area contributed by atoms with Gasteiger partial charge in [-0.3, -0.25) is 0 Å². The molecule has 0 aliphatic rings. The zero-order valence-electron chi connectivity index (χ0n) is 12.4. The lowest BCUT2D eigenvalue weighted by Crippen LogP contribution is -1.66. The molecule has 2 rings (SSSR count). The van der Waals surface area contributed by atoms with Crippen molar-refractivity contribution in [1.29, 1.82) is 0 Å². The van der Waals surface area contributed by atoms with Crippen LogP contribution in [0.15, 0.2) is 41.0 Å². The molecule has 17 heavy (non-hydrogen) atoms. The number of fused-ring (bicyclic) bond motifs is 1. The number of furan rings is 1. The molecule has 1 heterocycles. The first kappa shape index (κ1) is 18.1. The van der Waals surface area contributed by atoms with Crippen molar-refractivity contribution in [2.75, 3.05) is 0 Å². The maximum atomic E-state index is 5.12. The molecule has 0 aliphatic carbocycles. The SMILES string of the molecule is CC.CC.CC(C)C.c1ccc2occc2c1. The molecule has 2 aromatic rings. The summed E-state index contributed by atoms with van der Waals surface area (Å²) >= 11 is 0. The largest absolute Gasteiger partial charge is 0.464 e. The van der Waals surface area contributed by atoms with Gasteiger partial charge in [0.2, 0.25) is 0 Å². The van der Waals surface area contributed by atoms with Crippen LogP contribution in [0.4, 0.5) is 0 Å². The summed E-state index contributed by atoms with van der Waals surface area (Å²) in [5.74, 6) is 0.833. The zero-order valence-corrected chi connectivity index (χ0v) is 12.4. The van der Waals surface area contributed by atoms with Crippen molar-refractivity contribution in [3.05, 3.63) is 36.6 Å². The second kappa shape index (κ2) is 12.8. The van der Waals surface area contributed by atoms with Gasteiger partial charge in [0.15, 0.2) is 0 Å². The summed E-state index contributed by atoms with van der Waals surface area (Å²) in [7, 11) is 0. The van der Waals surface area contributed by atoms with Gasteiger partial charge in [0.1, 0.15) is 5.58 Å². The number of hydrogen-bond donors (Lipinski definition) is 0. The Morgan fingerprint density at radius 3 is 1.76 bits per heavy atom. The van der Waals surface area contributed by atoms with E-state index in [1.54, 1.807) is 6.26 Å². The molecule has 0 N–H and O–H groups in total. The Morgan fingerprint density at radius 1 is 0.824 bits per heavy atom. The molecular formula is C16H28O. The first-order chi connectivity index (χ1) is 8.20. The van der Waals surface area contributed by atoms with Crippen LogP contribution in [-0.4, -0.2) is 0 Å². The van der Waals surface area contributed by atoms with Gasteiger partial charge in [-0.15, -0.1) is 0 Å². The minimum atomic E-state index is 0.833. The van der Waals surface area contributed by atoms with Gasteiger partial charge in [0.25, 0.3) is 0 Å². The van der Waals surface area contributed by atoms with Crippen LogP contribution in [0.5, 0.6) is 0 Å². The molecular weight excluding hydrogens is 208 g/mol. The van der Waals surface area contributed by atoms with Gasteiger partial charge in [-0.2, -0.15) is 0 Å². The van der Waals surface area contributed by atoms with E-state index >= 15 is 0 Å². The molecule has 0 aliphatic heterocycles. The molecule has 0 atom stereocenters. The summed E-state index contributed by atoms with van der Waals surface area (Å²) in [6.07, 6.45) is 1.70. The van der Waals surface area contributed by atoms with E-state index in [0.717, 1.165) is 16.9 Å². The molecule has 0 saturated carbocycles. The Hall–Kier alpha value is -1.24. The van der Waals surface area contributed by atoms with Crippen LogP contribution < -0.4 is 0 Å². The highest BCUT2D eigenvalue weighted by Crippen LogP contribution is 2.12. The van der Waals surface area contributed by atoms with Gasteiger partial charge in [-0.1, -0.05) is 66.7 Å². The predicted molar refractivity (Wildman–Crippen MR) is 79.4 cm³/mol. The van der Waals surface area contributed by atoms with Crippen LogP contribution in [0.1, 0.15) is 48.5 Å². The second-order valence-corrected chi connectivity index (χ2v) is 3.69. The molecule has 1 aromatic heterocycles. The molecule has 1 nitrogen and oxygen atoms in total. The van der Waals surface area contributed by atoms with Crippen LogP contribution in [0.25, 0.3) is 11.0 Å². The highest BCUT2D eigenvalue weighted by Gasteiger charge is 1.89. The van der Waals surface area contributed by atoms with Crippen LogP contribution >= 0.6 is 0 Å². The Labute approximate surface area is 107 Å². The van der Waals surface area contributed by atoms with E-state index in [4.69, 9.17) is 4.42 Å². The highest BCUT2D eigenvalue weighted by atomic mass is 16.3. The monoisotopic (exact) mass is 236 g/mol. The van der Waals surface area contributed by atoms with Gasteiger partial charge in [0, 0.05) is 5.39 Å². The van der Waals surface area contributed by atoms with Gasteiger partial charge in [0.05, 0.1) is 6.26 Å². The summed E-state index contributed by atoms with van der Waals surface area (Å²) in [5, 5.41) is 1.16. The molecule has 0 spiro atoms. The van der Waals surface area contributed by atoms with Gasteiger partial charge < -0.3 is 4.42 Å². The van der Waals surface area contributed by atoms with Gasteiger partial charge in [-0.05, 0) is 18.1 Å². The van der Waals surface area contributed by atoms with Crippen molar-refractivity contribution in [1.82, 2.24) is 0 Å².